The molecule has 2 heterocycles. The Kier molecular flexibility index (Phi) is 3.62. The molecule has 0 N–H and O–H groups in total. The lowest BCUT2D eigenvalue weighted by molar-refractivity contribution is 0.0553. The summed E-state index contributed by atoms with van der Waals surface area (Å²) in [5.41, 5.74) is 1.44. The lowest BCUT2D eigenvalue weighted by atomic mass is 9.86. The van der Waals surface area contributed by atoms with Gasteiger partial charge >= 0.3 is 6.09 Å². The van der Waals surface area contributed by atoms with E-state index in [0.29, 0.717) is 31.6 Å². The highest BCUT2D eigenvalue weighted by molar-refractivity contribution is 5.94. The summed E-state index contributed by atoms with van der Waals surface area (Å²) in [7, 11) is 1.73. The van der Waals surface area contributed by atoms with Gasteiger partial charge in [0.1, 0.15) is 0 Å². The minimum Gasteiger partial charge on any atom is -0.439 e. The maximum Gasteiger partial charge on any atom is 0.410 e. The first-order valence-electron chi connectivity index (χ1n) is 8.04. The largest absolute Gasteiger partial charge is 0.439 e. The number of nitrogens with zero attached hydrogens (tertiary/aromatic N) is 2. The van der Waals surface area contributed by atoms with Crippen LogP contribution in [0.5, 0.6) is 0 Å². The number of hydrogen-bond donors (Lipinski definition) is 0. The van der Waals surface area contributed by atoms with Gasteiger partial charge in [-0.1, -0.05) is 32.9 Å². The normalized spacial score (nSPS) is 24.4. The van der Waals surface area contributed by atoms with Gasteiger partial charge in [-0.25, -0.2) is 4.79 Å². The van der Waals surface area contributed by atoms with E-state index < -0.39 is 5.60 Å². The van der Waals surface area contributed by atoms with Crippen LogP contribution in [0.3, 0.4) is 0 Å². The molecule has 1 atom stereocenters. The molecule has 0 aromatic heterocycles. The quantitative estimate of drug-likeness (QED) is 0.800. The van der Waals surface area contributed by atoms with Crippen LogP contribution in [-0.2, 0) is 10.2 Å². The molecule has 2 amide bonds. The monoisotopic (exact) mass is 316 g/mol. The molecule has 0 bridgehead atoms. The van der Waals surface area contributed by atoms with Gasteiger partial charge in [0.05, 0.1) is 13.1 Å². The number of likely N-dealkylation sites (tertiary alicyclic amines) is 1. The number of amides is 2. The number of carbonyl (C=O) groups is 2. The van der Waals surface area contributed by atoms with Gasteiger partial charge in [0.15, 0.2) is 5.60 Å². The van der Waals surface area contributed by atoms with Gasteiger partial charge in [0.25, 0.3) is 5.91 Å². The third-order valence-corrected chi connectivity index (χ3v) is 4.74. The van der Waals surface area contributed by atoms with E-state index in [0.717, 1.165) is 0 Å². The lowest BCUT2D eigenvalue weighted by Crippen LogP contribution is -2.39. The van der Waals surface area contributed by atoms with E-state index >= 15 is 0 Å². The van der Waals surface area contributed by atoms with Crippen LogP contribution in [0.2, 0.25) is 0 Å². The average molecular weight is 316 g/mol. The summed E-state index contributed by atoms with van der Waals surface area (Å²) in [4.78, 5) is 27.7. The molecule has 3 rings (SSSR count). The zero-order valence-electron chi connectivity index (χ0n) is 14.3. The topological polar surface area (TPSA) is 49.9 Å². The van der Waals surface area contributed by atoms with Crippen molar-refractivity contribution in [2.24, 2.45) is 0 Å². The second kappa shape index (κ2) is 5.25. The summed E-state index contributed by atoms with van der Waals surface area (Å²) in [6.45, 7) is 8.11. The first-order chi connectivity index (χ1) is 10.7. The van der Waals surface area contributed by atoms with Crippen LogP contribution in [0.1, 0.15) is 43.1 Å². The van der Waals surface area contributed by atoms with E-state index in [9.17, 15) is 9.59 Å². The third kappa shape index (κ3) is 2.92. The molecule has 124 valence electrons. The van der Waals surface area contributed by atoms with Crippen LogP contribution >= 0.6 is 0 Å². The summed E-state index contributed by atoms with van der Waals surface area (Å²) in [6.07, 6.45) is 0.406. The van der Waals surface area contributed by atoms with Gasteiger partial charge in [0.2, 0.25) is 0 Å². The van der Waals surface area contributed by atoms with Crippen molar-refractivity contribution in [2.75, 3.05) is 26.7 Å². The fraction of sp³-hybridized carbons (Fsp3) is 0.556. The Morgan fingerprint density at radius 1 is 1.17 bits per heavy atom. The molecule has 5 nitrogen and oxygen atoms in total. The summed E-state index contributed by atoms with van der Waals surface area (Å²) in [6, 6.07) is 7.81. The van der Waals surface area contributed by atoms with Crippen molar-refractivity contribution >= 4 is 12.0 Å². The SMILES string of the molecule is CN1CC2(CCN(C(=O)c3ccc(C(C)(C)C)cc3)C2)OC1=O. The molecule has 0 aliphatic carbocycles. The fourth-order valence-electron chi connectivity index (χ4n) is 3.32. The van der Waals surface area contributed by atoms with Crippen LogP contribution in [-0.4, -0.2) is 54.1 Å². The Morgan fingerprint density at radius 3 is 2.35 bits per heavy atom. The van der Waals surface area contributed by atoms with Gasteiger partial charge in [-0.15, -0.1) is 0 Å². The van der Waals surface area contributed by atoms with Gasteiger partial charge in [-0.2, -0.15) is 0 Å². The number of hydrogen-bond acceptors (Lipinski definition) is 3. The minimum absolute atomic E-state index is 0.00735. The molecule has 5 heteroatoms. The zero-order chi connectivity index (χ0) is 16.8. The highest BCUT2D eigenvalue weighted by Crippen LogP contribution is 2.32. The molecule has 0 saturated carbocycles. The van der Waals surface area contributed by atoms with Gasteiger partial charge in [-0.05, 0) is 23.1 Å². The Morgan fingerprint density at radius 2 is 1.83 bits per heavy atom. The van der Waals surface area contributed by atoms with Crippen LogP contribution in [0.25, 0.3) is 0 Å². The van der Waals surface area contributed by atoms with Crippen molar-refractivity contribution in [1.29, 1.82) is 0 Å². The Labute approximate surface area is 137 Å². The first-order valence-corrected chi connectivity index (χ1v) is 8.04. The average Bonchev–Trinajstić information content (AvgIpc) is 3.01. The smallest absolute Gasteiger partial charge is 0.410 e. The molecular weight excluding hydrogens is 292 g/mol. The van der Waals surface area contributed by atoms with E-state index in [1.807, 2.05) is 24.3 Å². The van der Waals surface area contributed by atoms with E-state index in [1.54, 1.807) is 16.8 Å². The molecule has 2 aliphatic rings. The molecule has 0 radical (unpaired) electrons. The fourth-order valence-corrected chi connectivity index (χ4v) is 3.32. The Balaban J connectivity index is 1.71. The third-order valence-electron chi connectivity index (χ3n) is 4.74. The number of rotatable bonds is 1. The maximum absolute atomic E-state index is 12.7. The van der Waals surface area contributed by atoms with Crippen LogP contribution in [0, 0.1) is 0 Å². The zero-order valence-corrected chi connectivity index (χ0v) is 14.3. The summed E-state index contributed by atoms with van der Waals surface area (Å²) >= 11 is 0. The summed E-state index contributed by atoms with van der Waals surface area (Å²) in [5, 5.41) is 0. The van der Waals surface area contributed by atoms with Gasteiger partial charge in [-0.3, -0.25) is 4.79 Å². The lowest BCUT2D eigenvalue weighted by Gasteiger charge is -2.22. The molecule has 23 heavy (non-hydrogen) atoms. The molecule has 2 saturated heterocycles. The molecule has 1 unspecified atom stereocenters. The van der Waals surface area contributed by atoms with Crippen molar-refractivity contribution < 1.29 is 14.3 Å². The van der Waals surface area contributed by atoms with Crippen molar-refractivity contribution in [1.82, 2.24) is 9.80 Å². The van der Waals surface area contributed by atoms with Crippen molar-refractivity contribution in [3.63, 3.8) is 0 Å². The summed E-state index contributed by atoms with van der Waals surface area (Å²) < 4.78 is 5.50. The standard InChI is InChI=1S/C18H24N2O3/c1-17(2,3)14-7-5-13(6-8-14)15(21)20-10-9-18(12-20)11-19(4)16(22)23-18/h5-8H,9-12H2,1-4H3. The number of carbonyl (C=O) groups excluding carboxylic acids is 2. The predicted molar refractivity (Wildman–Crippen MR) is 87.5 cm³/mol. The molecule has 1 spiro atoms. The molecule has 2 aliphatic heterocycles. The van der Waals surface area contributed by atoms with Crippen LogP contribution in [0.4, 0.5) is 4.79 Å². The Bertz CT molecular complexity index is 633. The highest BCUT2D eigenvalue weighted by Gasteiger charge is 2.49. The molecular formula is C18H24N2O3. The predicted octanol–water partition coefficient (Wildman–Crippen LogP) is 2.65. The molecule has 1 aromatic rings. The number of likely N-dealkylation sites (N-methyl/N-ethyl adjacent to an activating group) is 1. The first kappa shape index (κ1) is 15.8. The maximum atomic E-state index is 12.7. The van der Waals surface area contributed by atoms with Gasteiger partial charge < -0.3 is 14.5 Å². The summed E-state index contributed by atoms with van der Waals surface area (Å²) in [5.74, 6) is 0.00735. The second-order valence-electron chi connectivity index (χ2n) is 7.71. The number of benzene rings is 1. The molecule has 1 aromatic carbocycles. The minimum atomic E-state index is -0.521. The van der Waals surface area contributed by atoms with E-state index in [-0.39, 0.29) is 17.4 Å². The highest BCUT2D eigenvalue weighted by atomic mass is 16.6. The van der Waals surface area contributed by atoms with E-state index in [1.165, 1.54) is 5.56 Å². The Hall–Kier alpha value is -2.04. The number of ether oxygens (including phenoxy) is 1. The van der Waals surface area contributed by atoms with Gasteiger partial charge in [0, 0.05) is 25.6 Å². The van der Waals surface area contributed by atoms with E-state index in [4.69, 9.17) is 4.74 Å². The van der Waals surface area contributed by atoms with E-state index in [2.05, 4.69) is 20.8 Å². The van der Waals surface area contributed by atoms with Crippen molar-refractivity contribution in [3.05, 3.63) is 35.4 Å². The van der Waals surface area contributed by atoms with Crippen molar-refractivity contribution in [2.45, 2.75) is 38.2 Å². The van der Waals surface area contributed by atoms with Crippen LogP contribution in [0.15, 0.2) is 24.3 Å². The molecule has 2 fully saturated rings. The van der Waals surface area contributed by atoms with Crippen molar-refractivity contribution in [3.8, 4) is 0 Å². The second-order valence-corrected chi connectivity index (χ2v) is 7.71. The van der Waals surface area contributed by atoms with Crippen LogP contribution < -0.4 is 0 Å².